The molecule has 0 radical (unpaired) electrons. The number of nitrogens with one attached hydrogen (secondary N) is 1. The van der Waals surface area contributed by atoms with Gasteiger partial charge in [0, 0.05) is 17.6 Å². The van der Waals surface area contributed by atoms with Gasteiger partial charge in [-0.2, -0.15) is 0 Å². The number of carbonyl (C=O) groups excluding carboxylic acids is 1. The van der Waals surface area contributed by atoms with E-state index in [9.17, 15) is 4.79 Å². The summed E-state index contributed by atoms with van der Waals surface area (Å²) < 4.78 is 9.88. The van der Waals surface area contributed by atoms with E-state index in [0.29, 0.717) is 17.3 Å². The van der Waals surface area contributed by atoms with E-state index in [1.54, 1.807) is 0 Å². The second kappa shape index (κ2) is 12.1. The normalized spacial score (nSPS) is 12.6. The summed E-state index contributed by atoms with van der Waals surface area (Å²) >= 11 is 12.4. The molecule has 1 N–H and O–H groups in total. The molecule has 0 saturated heterocycles. The van der Waals surface area contributed by atoms with Crippen LogP contribution in [-0.2, 0) is 16.0 Å². The highest BCUT2D eigenvalue weighted by atomic mass is 35.5. The highest BCUT2D eigenvalue weighted by Crippen LogP contribution is 2.22. The molecule has 0 aliphatic heterocycles. The van der Waals surface area contributed by atoms with Crippen LogP contribution in [0.1, 0.15) is 23.4 Å². The maximum absolute atomic E-state index is 11.1. The Morgan fingerprint density at radius 1 is 1.19 bits per heavy atom. The molecule has 2 atom stereocenters. The third kappa shape index (κ3) is 8.39. The smallest absolute Gasteiger partial charge is 0.343 e. The van der Waals surface area contributed by atoms with Gasteiger partial charge in [-0.05, 0) is 48.7 Å². The molecule has 2 unspecified atom stereocenters. The molecule has 0 aliphatic rings. The van der Waals surface area contributed by atoms with E-state index in [4.69, 9.17) is 27.9 Å². The number of hydrogen-bond acceptors (Lipinski definition) is 4. The van der Waals surface area contributed by atoms with Gasteiger partial charge in [-0.25, -0.2) is 4.79 Å². The van der Waals surface area contributed by atoms with Gasteiger partial charge >= 0.3 is 5.97 Å². The molecular formula is C20H24Cl3NO3. The van der Waals surface area contributed by atoms with Crippen LogP contribution in [0.15, 0.2) is 48.5 Å². The first-order valence-corrected chi connectivity index (χ1v) is 9.21. The average Bonchev–Trinajstić information content (AvgIpc) is 2.65. The lowest BCUT2D eigenvalue weighted by atomic mass is 10.1. The lowest BCUT2D eigenvalue weighted by Crippen LogP contribution is -2.30. The van der Waals surface area contributed by atoms with Crippen molar-refractivity contribution in [2.75, 3.05) is 20.3 Å². The standard InChI is InChI=1S/C20H23Cl2NO3.ClH/c1-14(23-12-19(22)16-4-3-5-17(21)11-16)10-15-6-8-18(9-7-15)26-13-20(24)25-2;/h3-9,11,14,19,23H,10,12-13H2,1-2H3;1H. The predicted molar refractivity (Wildman–Crippen MR) is 112 cm³/mol. The summed E-state index contributed by atoms with van der Waals surface area (Å²) in [5.41, 5.74) is 2.18. The first-order chi connectivity index (χ1) is 12.5. The average molecular weight is 433 g/mol. The fourth-order valence-electron chi connectivity index (χ4n) is 2.47. The summed E-state index contributed by atoms with van der Waals surface area (Å²) in [6.45, 7) is 2.68. The molecule has 0 fully saturated rings. The van der Waals surface area contributed by atoms with Crippen LogP contribution in [0.4, 0.5) is 0 Å². The molecule has 0 amide bonds. The summed E-state index contributed by atoms with van der Waals surface area (Å²) in [5, 5.41) is 4.00. The molecule has 0 aliphatic carbocycles. The van der Waals surface area contributed by atoms with Gasteiger partial charge in [0.15, 0.2) is 6.61 Å². The fraction of sp³-hybridized carbons (Fsp3) is 0.350. The van der Waals surface area contributed by atoms with Crippen LogP contribution < -0.4 is 10.1 Å². The summed E-state index contributed by atoms with van der Waals surface area (Å²) in [5.74, 6) is 0.240. The SMILES string of the molecule is COC(=O)COc1ccc(CC(C)NCC(Cl)c2cccc(Cl)c2)cc1.Cl. The maximum Gasteiger partial charge on any atom is 0.343 e. The summed E-state index contributed by atoms with van der Waals surface area (Å²) in [4.78, 5) is 11.1. The van der Waals surface area contributed by atoms with E-state index in [1.165, 1.54) is 12.7 Å². The minimum atomic E-state index is -0.401. The Balaban J connectivity index is 0.00000364. The maximum atomic E-state index is 11.1. The Morgan fingerprint density at radius 3 is 2.52 bits per heavy atom. The Hall–Kier alpha value is -1.46. The largest absolute Gasteiger partial charge is 0.482 e. The zero-order valence-electron chi connectivity index (χ0n) is 15.3. The number of ether oxygens (including phenoxy) is 2. The second-order valence-corrected chi connectivity index (χ2v) is 7.01. The number of esters is 1. The van der Waals surface area contributed by atoms with Crippen LogP contribution in [0.3, 0.4) is 0 Å². The minimum absolute atomic E-state index is 0. The fourth-order valence-corrected chi connectivity index (χ4v) is 2.90. The number of hydrogen-bond donors (Lipinski definition) is 1. The van der Waals surface area contributed by atoms with E-state index in [2.05, 4.69) is 17.0 Å². The van der Waals surface area contributed by atoms with Crippen LogP contribution >= 0.6 is 35.6 Å². The Morgan fingerprint density at radius 2 is 1.89 bits per heavy atom. The summed E-state index contributed by atoms with van der Waals surface area (Å²) in [7, 11) is 1.33. The van der Waals surface area contributed by atoms with Crippen molar-refractivity contribution < 1.29 is 14.3 Å². The van der Waals surface area contributed by atoms with Crippen molar-refractivity contribution >= 4 is 41.6 Å². The summed E-state index contributed by atoms with van der Waals surface area (Å²) in [6.07, 6.45) is 0.858. The van der Waals surface area contributed by atoms with Gasteiger partial charge in [0.2, 0.25) is 0 Å². The molecule has 2 aromatic rings. The van der Waals surface area contributed by atoms with E-state index < -0.39 is 5.97 Å². The molecule has 0 saturated carbocycles. The van der Waals surface area contributed by atoms with Gasteiger partial charge in [0.1, 0.15) is 5.75 Å². The van der Waals surface area contributed by atoms with E-state index in [0.717, 1.165) is 12.0 Å². The van der Waals surface area contributed by atoms with E-state index >= 15 is 0 Å². The van der Waals surface area contributed by atoms with Crippen LogP contribution in [0.25, 0.3) is 0 Å². The molecule has 0 spiro atoms. The van der Waals surface area contributed by atoms with Gasteiger partial charge in [-0.15, -0.1) is 24.0 Å². The molecular weight excluding hydrogens is 409 g/mol. The topological polar surface area (TPSA) is 47.6 Å². The Kier molecular flexibility index (Phi) is 10.6. The van der Waals surface area contributed by atoms with Gasteiger partial charge in [0.25, 0.3) is 0 Å². The molecule has 7 heteroatoms. The zero-order valence-corrected chi connectivity index (χ0v) is 17.6. The predicted octanol–water partition coefficient (Wildman–Crippen LogP) is 4.81. The monoisotopic (exact) mass is 431 g/mol. The Labute approximate surface area is 176 Å². The number of methoxy groups -OCH3 is 1. The van der Waals surface area contributed by atoms with E-state index in [1.807, 2.05) is 48.5 Å². The second-order valence-electron chi connectivity index (χ2n) is 6.04. The number of halogens is 3. The molecule has 0 heterocycles. The lowest BCUT2D eigenvalue weighted by Gasteiger charge is -2.17. The first-order valence-electron chi connectivity index (χ1n) is 8.39. The molecule has 27 heavy (non-hydrogen) atoms. The lowest BCUT2D eigenvalue weighted by molar-refractivity contribution is -0.142. The van der Waals surface area contributed by atoms with Crippen molar-refractivity contribution in [3.8, 4) is 5.75 Å². The number of alkyl halides is 1. The van der Waals surface area contributed by atoms with Crippen molar-refractivity contribution in [1.29, 1.82) is 0 Å². The van der Waals surface area contributed by atoms with Crippen molar-refractivity contribution in [2.45, 2.75) is 24.8 Å². The molecule has 2 rings (SSSR count). The van der Waals surface area contributed by atoms with Crippen LogP contribution in [0, 0.1) is 0 Å². The Bertz CT molecular complexity index is 710. The molecule has 2 aromatic carbocycles. The van der Waals surface area contributed by atoms with Crippen molar-refractivity contribution in [2.24, 2.45) is 0 Å². The number of rotatable bonds is 9. The van der Waals surface area contributed by atoms with Gasteiger partial charge in [-0.3, -0.25) is 0 Å². The first kappa shape index (κ1) is 23.6. The highest BCUT2D eigenvalue weighted by molar-refractivity contribution is 6.30. The quantitative estimate of drug-likeness (QED) is 0.456. The molecule has 0 aromatic heterocycles. The number of benzene rings is 2. The van der Waals surface area contributed by atoms with Crippen molar-refractivity contribution in [1.82, 2.24) is 5.32 Å². The van der Waals surface area contributed by atoms with Gasteiger partial charge < -0.3 is 14.8 Å². The molecule has 148 valence electrons. The third-order valence-corrected chi connectivity index (χ3v) is 4.55. The van der Waals surface area contributed by atoms with Crippen molar-refractivity contribution in [3.63, 3.8) is 0 Å². The summed E-state index contributed by atoms with van der Waals surface area (Å²) in [6, 6.07) is 15.5. The van der Waals surface area contributed by atoms with Crippen LogP contribution in [0.5, 0.6) is 5.75 Å². The third-order valence-electron chi connectivity index (χ3n) is 3.91. The van der Waals surface area contributed by atoms with Crippen molar-refractivity contribution in [3.05, 3.63) is 64.7 Å². The van der Waals surface area contributed by atoms with Gasteiger partial charge in [-0.1, -0.05) is 35.9 Å². The minimum Gasteiger partial charge on any atom is -0.482 e. The highest BCUT2D eigenvalue weighted by Gasteiger charge is 2.11. The number of carbonyl (C=O) groups is 1. The van der Waals surface area contributed by atoms with Gasteiger partial charge in [0.05, 0.1) is 12.5 Å². The molecule has 0 bridgehead atoms. The van der Waals surface area contributed by atoms with E-state index in [-0.39, 0.29) is 30.4 Å². The zero-order chi connectivity index (χ0) is 18.9. The van der Waals surface area contributed by atoms with Crippen LogP contribution in [0.2, 0.25) is 5.02 Å². The molecule has 4 nitrogen and oxygen atoms in total. The van der Waals surface area contributed by atoms with Crippen LogP contribution in [-0.4, -0.2) is 32.3 Å².